The Bertz CT molecular complexity index is 1560. The molecule has 3 amide bonds. The number of nitrogens with one attached hydrogen (secondary N) is 1. The number of furan rings is 1. The molecule has 0 unspecified atom stereocenters. The number of likely N-dealkylation sites (tertiary alicyclic amines) is 1. The van der Waals surface area contributed by atoms with E-state index in [-0.39, 0.29) is 29.0 Å². The number of rotatable bonds is 4. The average molecular weight is 583 g/mol. The Morgan fingerprint density at radius 1 is 1.18 bits per heavy atom. The zero-order valence-electron chi connectivity index (χ0n) is 21.2. The van der Waals surface area contributed by atoms with E-state index in [4.69, 9.17) is 14.9 Å². The van der Waals surface area contributed by atoms with Crippen molar-refractivity contribution >= 4 is 56.1 Å². The number of amides is 3. The van der Waals surface area contributed by atoms with E-state index in [0.29, 0.717) is 29.7 Å². The van der Waals surface area contributed by atoms with E-state index in [1.807, 2.05) is 26.8 Å². The standard InChI is InChI=1S/C26H27BrN6O5/c1-26(2,3)38-25(36)32-8-6-14(7-9-32)18-11-20-29-12-15(13-33(20)31-18)24(35)30-21-17-10-16(27)4-5-19(17)37-22(21)23(28)34/h4-5,10-14H,6-9H2,1-3H3,(H2,28,34)(H,30,35). The van der Waals surface area contributed by atoms with Crippen LogP contribution in [0.1, 0.15) is 66.1 Å². The minimum atomic E-state index is -0.796. The van der Waals surface area contributed by atoms with Gasteiger partial charge in [0.05, 0.1) is 11.3 Å². The second-order valence-electron chi connectivity index (χ2n) is 10.2. The molecule has 198 valence electrons. The fourth-order valence-corrected chi connectivity index (χ4v) is 4.81. The maximum Gasteiger partial charge on any atom is 0.410 e. The van der Waals surface area contributed by atoms with Gasteiger partial charge in [-0.3, -0.25) is 9.59 Å². The SMILES string of the molecule is CC(C)(C)OC(=O)N1CCC(c2cc3ncc(C(=O)Nc4c(C(N)=O)oc5ccc(Br)cc45)cn3n2)CC1. The van der Waals surface area contributed by atoms with Crippen LogP contribution in [-0.4, -0.2) is 56.1 Å². The summed E-state index contributed by atoms with van der Waals surface area (Å²) in [5, 5.41) is 7.93. The van der Waals surface area contributed by atoms with E-state index in [1.165, 1.54) is 6.20 Å². The van der Waals surface area contributed by atoms with Gasteiger partial charge in [0.1, 0.15) is 16.9 Å². The highest BCUT2D eigenvalue weighted by molar-refractivity contribution is 9.10. The molecule has 4 aromatic rings. The van der Waals surface area contributed by atoms with Crippen LogP contribution in [0.5, 0.6) is 0 Å². The molecule has 3 aromatic heterocycles. The highest BCUT2D eigenvalue weighted by atomic mass is 79.9. The lowest BCUT2D eigenvalue weighted by Gasteiger charge is -2.32. The lowest BCUT2D eigenvalue weighted by molar-refractivity contribution is 0.0204. The molecule has 38 heavy (non-hydrogen) atoms. The first-order valence-corrected chi connectivity index (χ1v) is 12.9. The molecule has 4 heterocycles. The average Bonchev–Trinajstić information content (AvgIpc) is 3.44. The van der Waals surface area contributed by atoms with E-state index < -0.39 is 17.4 Å². The maximum atomic E-state index is 13.1. The van der Waals surface area contributed by atoms with Gasteiger partial charge in [-0.25, -0.2) is 14.3 Å². The first-order valence-electron chi connectivity index (χ1n) is 12.1. The molecule has 12 heteroatoms. The Balaban J connectivity index is 1.32. The van der Waals surface area contributed by atoms with Crippen molar-refractivity contribution in [3.8, 4) is 0 Å². The fourth-order valence-electron chi connectivity index (χ4n) is 4.45. The maximum absolute atomic E-state index is 13.1. The van der Waals surface area contributed by atoms with Crippen LogP contribution in [0.25, 0.3) is 16.6 Å². The molecule has 1 aliphatic rings. The predicted molar refractivity (Wildman–Crippen MR) is 143 cm³/mol. The molecule has 3 N–H and O–H groups in total. The van der Waals surface area contributed by atoms with Gasteiger partial charge >= 0.3 is 6.09 Å². The third-order valence-electron chi connectivity index (χ3n) is 6.27. The number of ether oxygens (including phenoxy) is 1. The van der Waals surface area contributed by atoms with Gasteiger partial charge in [-0.05, 0) is 51.8 Å². The van der Waals surface area contributed by atoms with Gasteiger partial charge in [0.15, 0.2) is 5.65 Å². The molecule has 0 bridgehead atoms. The third kappa shape index (κ3) is 5.21. The number of carbonyl (C=O) groups is 3. The molecule has 0 aliphatic carbocycles. The van der Waals surface area contributed by atoms with Gasteiger partial charge in [-0.1, -0.05) is 15.9 Å². The van der Waals surface area contributed by atoms with Crippen molar-refractivity contribution in [3.63, 3.8) is 0 Å². The topological polar surface area (TPSA) is 145 Å². The Morgan fingerprint density at radius 2 is 1.92 bits per heavy atom. The van der Waals surface area contributed by atoms with Gasteiger partial charge in [0, 0.05) is 47.3 Å². The van der Waals surface area contributed by atoms with Crippen LogP contribution in [0.4, 0.5) is 10.5 Å². The minimum absolute atomic E-state index is 0.139. The highest BCUT2D eigenvalue weighted by Crippen LogP contribution is 2.33. The van der Waals surface area contributed by atoms with Crippen molar-refractivity contribution in [2.45, 2.75) is 45.1 Å². The van der Waals surface area contributed by atoms with Gasteiger partial charge in [0.25, 0.3) is 11.8 Å². The number of nitrogens with two attached hydrogens (primary N) is 1. The summed E-state index contributed by atoms with van der Waals surface area (Å²) in [6.07, 6.45) is 4.22. The summed E-state index contributed by atoms with van der Waals surface area (Å²) >= 11 is 3.39. The van der Waals surface area contributed by atoms with Crippen LogP contribution in [-0.2, 0) is 4.74 Å². The summed E-state index contributed by atoms with van der Waals surface area (Å²) < 4.78 is 13.3. The van der Waals surface area contributed by atoms with Crippen LogP contribution in [0, 0.1) is 0 Å². The van der Waals surface area contributed by atoms with Gasteiger partial charge in [0.2, 0.25) is 5.76 Å². The van der Waals surface area contributed by atoms with Crippen molar-refractivity contribution in [2.75, 3.05) is 18.4 Å². The number of benzene rings is 1. The number of fused-ring (bicyclic) bond motifs is 2. The molecule has 0 radical (unpaired) electrons. The second-order valence-corrected chi connectivity index (χ2v) is 11.1. The largest absolute Gasteiger partial charge is 0.449 e. The lowest BCUT2D eigenvalue weighted by Crippen LogP contribution is -2.41. The van der Waals surface area contributed by atoms with Crippen LogP contribution in [0.15, 0.2) is 45.5 Å². The summed E-state index contributed by atoms with van der Waals surface area (Å²) in [5.41, 5.74) is 7.24. The summed E-state index contributed by atoms with van der Waals surface area (Å²) in [5.74, 6) is -1.27. The van der Waals surface area contributed by atoms with E-state index in [2.05, 4.69) is 31.3 Å². The number of aromatic nitrogens is 3. The monoisotopic (exact) mass is 582 g/mol. The van der Waals surface area contributed by atoms with Crippen LogP contribution >= 0.6 is 15.9 Å². The number of halogens is 1. The van der Waals surface area contributed by atoms with Gasteiger partial charge < -0.3 is 25.1 Å². The number of primary amides is 1. The number of carbonyl (C=O) groups excluding carboxylic acids is 3. The predicted octanol–water partition coefficient (Wildman–Crippen LogP) is 4.70. The number of hydrogen-bond acceptors (Lipinski definition) is 7. The zero-order chi connectivity index (χ0) is 27.2. The van der Waals surface area contributed by atoms with E-state index >= 15 is 0 Å². The molecule has 0 spiro atoms. The number of hydrogen-bond donors (Lipinski definition) is 2. The Kier molecular flexibility index (Phi) is 6.59. The van der Waals surface area contributed by atoms with Crippen LogP contribution in [0.3, 0.4) is 0 Å². The molecule has 1 aromatic carbocycles. The summed E-state index contributed by atoms with van der Waals surface area (Å²) in [6.45, 7) is 6.70. The first kappa shape index (κ1) is 25.7. The van der Waals surface area contributed by atoms with Gasteiger partial charge in [-0.15, -0.1) is 0 Å². The number of piperidine rings is 1. The quantitative estimate of drug-likeness (QED) is 0.354. The molecule has 11 nitrogen and oxygen atoms in total. The van der Waals surface area contributed by atoms with Crippen molar-refractivity contribution in [2.24, 2.45) is 5.73 Å². The molecule has 1 saturated heterocycles. The van der Waals surface area contributed by atoms with E-state index in [0.717, 1.165) is 23.0 Å². The summed E-state index contributed by atoms with van der Waals surface area (Å²) in [7, 11) is 0. The normalized spacial score (nSPS) is 14.7. The number of anilines is 1. The Labute approximate surface area is 226 Å². The number of nitrogens with zero attached hydrogens (tertiary/aromatic N) is 4. The third-order valence-corrected chi connectivity index (χ3v) is 6.76. The zero-order valence-corrected chi connectivity index (χ0v) is 22.7. The first-order chi connectivity index (χ1) is 18.0. The molecular weight excluding hydrogens is 556 g/mol. The van der Waals surface area contributed by atoms with E-state index in [9.17, 15) is 14.4 Å². The Morgan fingerprint density at radius 3 is 2.61 bits per heavy atom. The smallest absolute Gasteiger partial charge is 0.410 e. The van der Waals surface area contributed by atoms with E-state index in [1.54, 1.807) is 33.8 Å². The lowest BCUT2D eigenvalue weighted by atomic mass is 9.94. The second kappa shape index (κ2) is 9.75. The van der Waals surface area contributed by atoms with Crippen molar-refractivity contribution in [1.82, 2.24) is 19.5 Å². The summed E-state index contributed by atoms with van der Waals surface area (Å²) in [4.78, 5) is 43.5. The molecule has 1 aliphatic heterocycles. The van der Waals surface area contributed by atoms with Crippen molar-refractivity contribution in [3.05, 3.63) is 58.1 Å². The molecule has 0 atom stereocenters. The highest BCUT2D eigenvalue weighted by Gasteiger charge is 2.29. The molecule has 0 saturated carbocycles. The molecular formula is C26H27BrN6O5. The fraction of sp³-hybridized carbons (Fsp3) is 0.346. The van der Waals surface area contributed by atoms with Crippen LogP contribution in [0.2, 0.25) is 0 Å². The Hall–Kier alpha value is -3.93. The van der Waals surface area contributed by atoms with Crippen molar-refractivity contribution < 1.29 is 23.5 Å². The molecule has 5 rings (SSSR count). The molecule has 1 fully saturated rings. The van der Waals surface area contributed by atoms with Crippen molar-refractivity contribution in [1.29, 1.82) is 0 Å². The van der Waals surface area contributed by atoms with Crippen LogP contribution < -0.4 is 11.1 Å². The van der Waals surface area contributed by atoms with Gasteiger partial charge in [-0.2, -0.15) is 5.10 Å². The summed E-state index contributed by atoms with van der Waals surface area (Å²) in [6, 6.07) is 7.06. The minimum Gasteiger partial charge on any atom is -0.449 e.